The number of benzene rings is 3. The van der Waals surface area contributed by atoms with Gasteiger partial charge in [-0.25, -0.2) is 4.99 Å². The van der Waals surface area contributed by atoms with Crippen molar-refractivity contribution in [2.24, 2.45) is 16.8 Å². The predicted octanol–water partition coefficient (Wildman–Crippen LogP) is 6.50. The summed E-state index contributed by atoms with van der Waals surface area (Å²) in [7, 11) is 0. The number of aliphatic imine (C=N–C) groups is 1. The number of hydrogen-bond donors (Lipinski definition) is 2. The highest BCUT2D eigenvalue weighted by molar-refractivity contribution is 6.20. The number of para-hydroxylation sites is 1. The number of halogens is 3. The van der Waals surface area contributed by atoms with Crippen LogP contribution in [-0.4, -0.2) is 34.9 Å². The molecule has 3 atom stereocenters. The number of carbonyl (C=O) groups excluding carboxylic acids is 2. The number of rotatable bonds is 11. The topological polar surface area (TPSA) is 82.0 Å². The molecule has 3 aromatic carbocycles. The molecule has 5 rings (SSSR count). The second kappa shape index (κ2) is 13.1. The minimum absolute atomic E-state index is 0.198. The number of aliphatic hydroxyl groups excluding tert-OH is 1. The summed E-state index contributed by atoms with van der Waals surface area (Å²) < 4.78 is 40.0. The summed E-state index contributed by atoms with van der Waals surface area (Å²) in [4.78, 5) is 34.2. The van der Waals surface area contributed by atoms with E-state index in [9.17, 15) is 27.9 Å². The maximum Gasteiger partial charge on any atom is 0.416 e. The summed E-state index contributed by atoms with van der Waals surface area (Å²) in [6, 6.07) is 21.1. The molecule has 1 saturated carbocycles. The Hall–Kier alpha value is -3.98. The Bertz CT molecular complexity index is 1450. The first-order valence-corrected chi connectivity index (χ1v) is 14.8. The SMILES string of the molecule is CCCCC(O)C(CC1CC1)C(=O)NC1N=C(c2ccc(C(F)(F)F)cc2)c2ccccc2N(Cc2ccccc2)C1=O. The Labute approximate surface area is 249 Å². The van der Waals surface area contributed by atoms with Crippen LogP contribution < -0.4 is 10.2 Å². The minimum atomic E-state index is -4.50. The molecule has 1 heterocycles. The van der Waals surface area contributed by atoms with Crippen LogP contribution in [0.25, 0.3) is 0 Å². The molecule has 226 valence electrons. The van der Waals surface area contributed by atoms with Crippen molar-refractivity contribution in [2.45, 2.75) is 70.4 Å². The number of alkyl halides is 3. The third-order valence-corrected chi connectivity index (χ3v) is 8.10. The Kier molecular flexibility index (Phi) is 9.30. The van der Waals surface area contributed by atoms with Gasteiger partial charge in [0.15, 0.2) is 0 Å². The van der Waals surface area contributed by atoms with E-state index in [4.69, 9.17) is 4.99 Å². The van der Waals surface area contributed by atoms with Crippen LogP contribution in [0.1, 0.15) is 67.7 Å². The highest BCUT2D eigenvalue weighted by atomic mass is 19.4. The van der Waals surface area contributed by atoms with Crippen LogP contribution in [0, 0.1) is 11.8 Å². The third-order valence-electron chi connectivity index (χ3n) is 8.10. The zero-order valence-corrected chi connectivity index (χ0v) is 24.1. The van der Waals surface area contributed by atoms with E-state index in [1.165, 1.54) is 12.1 Å². The molecular weight excluding hydrogens is 555 g/mol. The molecule has 1 aliphatic carbocycles. The summed E-state index contributed by atoms with van der Waals surface area (Å²) in [5, 5.41) is 13.8. The number of nitrogens with one attached hydrogen (secondary N) is 1. The van der Waals surface area contributed by atoms with E-state index in [2.05, 4.69) is 5.32 Å². The first-order valence-electron chi connectivity index (χ1n) is 14.8. The summed E-state index contributed by atoms with van der Waals surface area (Å²) in [6.07, 6.45) is -2.04. The van der Waals surface area contributed by atoms with Gasteiger partial charge in [0.05, 0.1) is 35.5 Å². The van der Waals surface area contributed by atoms with E-state index < -0.39 is 41.7 Å². The molecule has 2 N–H and O–H groups in total. The molecular formula is C34H36F3N3O3. The standard InChI is InChI=1S/C34H36F3N3O3/c1-2-3-13-29(41)27(20-22-14-15-22)32(42)39-31-33(43)40(21-23-9-5-4-6-10-23)28-12-8-7-11-26(28)30(38-31)24-16-18-25(19-17-24)34(35,36)37/h4-12,16-19,22,27,29,31,41H,2-3,13-15,20-21H2,1H3,(H,39,42). The van der Waals surface area contributed by atoms with E-state index >= 15 is 0 Å². The Morgan fingerprint density at radius 1 is 1.02 bits per heavy atom. The van der Waals surface area contributed by atoms with Gasteiger partial charge in [-0.05, 0) is 42.5 Å². The van der Waals surface area contributed by atoms with Gasteiger partial charge in [-0.1, -0.05) is 93.3 Å². The molecule has 2 amide bonds. The smallest absolute Gasteiger partial charge is 0.392 e. The zero-order chi connectivity index (χ0) is 30.6. The van der Waals surface area contributed by atoms with Gasteiger partial charge in [0, 0.05) is 11.1 Å². The number of anilines is 1. The van der Waals surface area contributed by atoms with Crippen LogP contribution >= 0.6 is 0 Å². The summed E-state index contributed by atoms with van der Waals surface area (Å²) in [5.41, 5.74) is 1.82. The maximum absolute atomic E-state index is 14.2. The molecule has 3 aromatic rings. The third kappa shape index (κ3) is 7.33. The predicted molar refractivity (Wildman–Crippen MR) is 159 cm³/mol. The van der Waals surface area contributed by atoms with E-state index in [1.54, 1.807) is 29.2 Å². The van der Waals surface area contributed by atoms with Crippen LogP contribution in [0.5, 0.6) is 0 Å². The van der Waals surface area contributed by atoms with Crippen molar-refractivity contribution in [1.29, 1.82) is 0 Å². The van der Waals surface area contributed by atoms with Crippen LogP contribution in [0.3, 0.4) is 0 Å². The number of unbranched alkanes of at least 4 members (excludes halogenated alkanes) is 1. The first-order chi connectivity index (χ1) is 20.7. The van der Waals surface area contributed by atoms with Gasteiger partial charge in [-0.2, -0.15) is 13.2 Å². The molecule has 1 fully saturated rings. The Balaban J connectivity index is 1.55. The van der Waals surface area contributed by atoms with E-state index in [0.29, 0.717) is 41.3 Å². The number of benzodiazepines with no additional fused rings is 1. The van der Waals surface area contributed by atoms with E-state index in [0.717, 1.165) is 43.4 Å². The van der Waals surface area contributed by atoms with Crippen LogP contribution in [-0.2, 0) is 22.3 Å². The summed E-state index contributed by atoms with van der Waals surface area (Å²) in [6.45, 7) is 2.22. The summed E-state index contributed by atoms with van der Waals surface area (Å²) in [5.74, 6) is -1.25. The molecule has 1 aliphatic heterocycles. The fourth-order valence-electron chi connectivity index (χ4n) is 5.51. The highest BCUT2D eigenvalue weighted by Crippen LogP contribution is 2.37. The lowest BCUT2D eigenvalue weighted by molar-refractivity contribution is -0.137. The lowest BCUT2D eigenvalue weighted by Crippen LogP contribution is -2.50. The van der Waals surface area contributed by atoms with Gasteiger partial charge < -0.3 is 15.3 Å². The normalized spacial score (nSPS) is 18.3. The molecule has 0 bridgehead atoms. The fourth-order valence-corrected chi connectivity index (χ4v) is 5.51. The number of nitrogens with zero attached hydrogens (tertiary/aromatic N) is 2. The van der Waals surface area contributed by atoms with Crippen LogP contribution in [0.15, 0.2) is 83.9 Å². The average Bonchev–Trinajstić information content (AvgIpc) is 3.84. The average molecular weight is 592 g/mol. The number of aliphatic hydroxyl groups is 1. The van der Waals surface area contributed by atoms with Crippen molar-refractivity contribution in [2.75, 3.05) is 4.90 Å². The Morgan fingerprint density at radius 3 is 2.35 bits per heavy atom. The van der Waals surface area contributed by atoms with Gasteiger partial charge >= 0.3 is 6.18 Å². The molecule has 0 aromatic heterocycles. The van der Waals surface area contributed by atoms with Crippen LogP contribution in [0.4, 0.5) is 18.9 Å². The van der Waals surface area contributed by atoms with Crippen molar-refractivity contribution in [3.63, 3.8) is 0 Å². The second-order valence-corrected chi connectivity index (χ2v) is 11.4. The number of amides is 2. The molecule has 0 spiro atoms. The van der Waals surface area contributed by atoms with Gasteiger partial charge in [-0.3, -0.25) is 9.59 Å². The van der Waals surface area contributed by atoms with Crippen molar-refractivity contribution < 1.29 is 27.9 Å². The van der Waals surface area contributed by atoms with E-state index in [-0.39, 0.29) is 6.54 Å². The quantitative estimate of drug-likeness (QED) is 0.267. The van der Waals surface area contributed by atoms with Gasteiger partial charge in [0.1, 0.15) is 0 Å². The molecule has 6 nitrogen and oxygen atoms in total. The number of hydrogen-bond acceptors (Lipinski definition) is 4. The lowest BCUT2D eigenvalue weighted by atomic mass is 9.91. The van der Waals surface area contributed by atoms with Gasteiger partial charge in [0.2, 0.25) is 12.1 Å². The molecule has 43 heavy (non-hydrogen) atoms. The van der Waals surface area contributed by atoms with Crippen molar-refractivity contribution in [3.05, 3.63) is 101 Å². The summed E-state index contributed by atoms with van der Waals surface area (Å²) >= 11 is 0. The Morgan fingerprint density at radius 2 is 1.70 bits per heavy atom. The minimum Gasteiger partial charge on any atom is -0.392 e. The molecule has 2 aliphatic rings. The molecule has 3 unspecified atom stereocenters. The van der Waals surface area contributed by atoms with Crippen molar-refractivity contribution >= 4 is 23.2 Å². The molecule has 9 heteroatoms. The van der Waals surface area contributed by atoms with Gasteiger partial charge in [-0.15, -0.1) is 0 Å². The molecule has 0 saturated heterocycles. The monoisotopic (exact) mass is 591 g/mol. The van der Waals surface area contributed by atoms with Crippen molar-refractivity contribution in [3.8, 4) is 0 Å². The van der Waals surface area contributed by atoms with Crippen molar-refractivity contribution in [1.82, 2.24) is 5.32 Å². The number of carbonyl (C=O) groups is 2. The lowest BCUT2D eigenvalue weighted by Gasteiger charge is -2.27. The van der Waals surface area contributed by atoms with Crippen LogP contribution in [0.2, 0.25) is 0 Å². The fraction of sp³-hybridized carbons (Fsp3) is 0.382. The first kappa shape index (κ1) is 30.5. The second-order valence-electron chi connectivity index (χ2n) is 11.4. The maximum atomic E-state index is 14.2. The highest BCUT2D eigenvalue weighted by Gasteiger charge is 2.38. The largest absolute Gasteiger partial charge is 0.416 e. The molecule has 0 radical (unpaired) electrons. The van der Waals surface area contributed by atoms with Gasteiger partial charge in [0.25, 0.3) is 5.91 Å². The van der Waals surface area contributed by atoms with E-state index in [1.807, 2.05) is 37.3 Å². The number of fused-ring (bicyclic) bond motifs is 1. The zero-order valence-electron chi connectivity index (χ0n) is 24.1.